The number of carboxylic acid groups (broad SMARTS) is 1. The third kappa shape index (κ3) is 4.39. The van der Waals surface area contributed by atoms with E-state index in [1.54, 1.807) is 4.90 Å². The topological polar surface area (TPSA) is 95.9 Å². The minimum atomic E-state index is -0.835. The summed E-state index contributed by atoms with van der Waals surface area (Å²) < 4.78 is 5.64. The zero-order chi connectivity index (χ0) is 23.7. The van der Waals surface area contributed by atoms with Gasteiger partial charge >= 0.3 is 12.1 Å². The third-order valence-electron chi connectivity index (χ3n) is 7.53. The van der Waals surface area contributed by atoms with Gasteiger partial charge in [0, 0.05) is 31.0 Å². The Morgan fingerprint density at radius 2 is 1.62 bits per heavy atom. The summed E-state index contributed by atoms with van der Waals surface area (Å²) in [5.74, 6) is -1.46. The first-order valence-electron chi connectivity index (χ1n) is 12.1. The van der Waals surface area contributed by atoms with E-state index in [1.807, 2.05) is 24.3 Å². The van der Waals surface area contributed by atoms with E-state index in [-0.39, 0.29) is 36.9 Å². The van der Waals surface area contributed by atoms with Crippen LogP contribution in [-0.2, 0) is 14.3 Å². The Hall–Kier alpha value is -3.35. The minimum Gasteiger partial charge on any atom is -0.481 e. The lowest BCUT2D eigenvalue weighted by atomic mass is 9.96. The van der Waals surface area contributed by atoms with Gasteiger partial charge in [-0.1, -0.05) is 48.5 Å². The second-order valence-corrected chi connectivity index (χ2v) is 9.64. The predicted molar refractivity (Wildman–Crippen MR) is 126 cm³/mol. The Balaban J connectivity index is 1.14. The van der Waals surface area contributed by atoms with Crippen molar-refractivity contribution in [2.24, 2.45) is 11.8 Å². The predicted octanol–water partition coefficient (Wildman–Crippen LogP) is 4.02. The van der Waals surface area contributed by atoms with Crippen LogP contribution in [-0.4, -0.2) is 53.7 Å². The molecule has 7 nitrogen and oxygen atoms in total. The van der Waals surface area contributed by atoms with Gasteiger partial charge in [0.25, 0.3) is 0 Å². The Kier molecular flexibility index (Phi) is 6.26. The number of hydrogen-bond donors (Lipinski definition) is 2. The van der Waals surface area contributed by atoms with Crippen molar-refractivity contribution in [2.75, 3.05) is 19.7 Å². The highest BCUT2D eigenvalue weighted by Crippen LogP contribution is 2.44. The fraction of sp³-hybridized carbons (Fsp3) is 0.444. The molecule has 0 bridgehead atoms. The van der Waals surface area contributed by atoms with E-state index >= 15 is 0 Å². The van der Waals surface area contributed by atoms with E-state index in [0.29, 0.717) is 25.8 Å². The number of hydrogen-bond acceptors (Lipinski definition) is 4. The maximum Gasteiger partial charge on any atom is 0.407 e. The number of rotatable bonds is 5. The van der Waals surface area contributed by atoms with Crippen LogP contribution in [0.5, 0.6) is 0 Å². The summed E-state index contributed by atoms with van der Waals surface area (Å²) in [6, 6.07) is 16.3. The molecule has 34 heavy (non-hydrogen) atoms. The van der Waals surface area contributed by atoms with Gasteiger partial charge in [-0.05, 0) is 54.4 Å². The molecule has 3 atom stereocenters. The van der Waals surface area contributed by atoms with E-state index in [4.69, 9.17) is 4.74 Å². The number of nitrogens with one attached hydrogen (secondary N) is 1. The Morgan fingerprint density at radius 3 is 2.29 bits per heavy atom. The van der Waals surface area contributed by atoms with Gasteiger partial charge in [-0.3, -0.25) is 9.59 Å². The highest BCUT2D eigenvalue weighted by molar-refractivity contribution is 5.81. The van der Waals surface area contributed by atoms with Gasteiger partial charge < -0.3 is 20.1 Å². The molecule has 1 saturated carbocycles. The summed E-state index contributed by atoms with van der Waals surface area (Å²) in [5, 5.41) is 12.2. The van der Waals surface area contributed by atoms with Crippen molar-refractivity contribution >= 4 is 18.0 Å². The van der Waals surface area contributed by atoms with E-state index in [2.05, 4.69) is 29.6 Å². The zero-order valence-electron chi connectivity index (χ0n) is 19.1. The molecular weight excluding hydrogens is 432 g/mol. The lowest BCUT2D eigenvalue weighted by Crippen LogP contribution is -2.45. The normalized spacial score (nSPS) is 23.8. The lowest BCUT2D eigenvalue weighted by Gasteiger charge is -2.32. The number of aliphatic carboxylic acids is 1. The highest BCUT2D eigenvalue weighted by Gasteiger charge is 2.36. The summed E-state index contributed by atoms with van der Waals surface area (Å²) in [6.07, 6.45) is 2.87. The van der Waals surface area contributed by atoms with E-state index in [1.165, 1.54) is 22.3 Å². The van der Waals surface area contributed by atoms with Crippen LogP contribution in [0.25, 0.3) is 11.1 Å². The highest BCUT2D eigenvalue weighted by atomic mass is 16.5. The van der Waals surface area contributed by atoms with Gasteiger partial charge in [-0.15, -0.1) is 0 Å². The molecular formula is C27H30N2O5. The Labute approximate surface area is 199 Å². The maximum atomic E-state index is 12.9. The summed E-state index contributed by atoms with van der Waals surface area (Å²) >= 11 is 0. The van der Waals surface area contributed by atoms with Crippen LogP contribution < -0.4 is 5.32 Å². The van der Waals surface area contributed by atoms with E-state index < -0.39 is 18.0 Å². The van der Waals surface area contributed by atoms with Crippen molar-refractivity contribution in [1.29, 1.82) is 0 Å². The second kappa shape index (κ2) is 9.49. The average molecular weight is 463 g/mol. The summed E-state index contributed by atoms with van der Waals surface area (Å²) in [7, 11) is 0. The third-order valence-corrected chi connectivity index (χ3v) is 7.53. The van der Waals surface area contributed by atoms with Crippen molar-refractivity contribution in [3.05, 3.63) is 59.7 Å². The van der Waals surface area contributed by atoms with E-state index in [0.717, 1.165) is 12.8 Å². The molecule has 2 aliphatic carbocycles. The molecule has 2 amide bonds. The number of carbonyl (C=O) groups excluding carboxylic acids is 2. The molecule has 1 unspecified atom stereocenters. The van der Waals surface area contributed by atoms with Gasteiger partial charge in [0.15, 0.2) is 0 Å². The number of carboxylic acids is 1. The Bertz CT molecular complexity index is 1050. The fourth-order valence-electron chi connectivity index (χ4n) is 5.78. The summed E-state index contributed by atoms with van der Waals surface area (Å²) in [5.41, 5.74) is 4.72. The molecule has 0 radical (unpaired) electrons. The van der Waals surface area contributed by atoms with Crippen LogP contribution in [0.3, 0.4) is 0 Å². The largest absolute Gasteiger partial charge is 0.481 e. The number of likely N-dealkylation sites (tertiary alicyclic amines) is 1. The van der Waals surface area contributed by atoms with Gasteiger partial charge in [0.05, 0.1) is 5.92 Å². The first-order valence-corrected chi connectivity index (χ1v) is 12.1. The molecule has 1 aliphatic heterocycles. The molecule has 0 spiro atoms. The SMILES string of the molecule is O=C(N[C@@H]1CC[C@H](C(=O)N2CCCC(C(=O)O)C2)C1)OCC1c2ccccc2-c2ccccc21. The molecule has 3 aliphatic rings. The van der Waals surface area contributed by atoms with E-state index in [9.17, 15) is 19.5 Å². The molecule has 2 aromatic rings. The number of piperidine rings is 1. The van der Waals surface area contributed by atoms with Crippen LogP contribution in [0.1, 0.15) is 49.1 Å². The molecule has 1 heterocycles. The van der Waals surface area contributed by atoms with Crippen LogP contribution in [0.2, 0.25) is 0 Å². The number of nitrogens with zero attached hydrogens (tertiary/aromatic N) is 1. The number of benzene rings is 2. The van der Waals surface area contributed by atoms with Crippen LogP contribution >= 0.6 is 0 Å². The maximum absolute atomic E-state index is 12.9. The van der Waals surface area contributed by atoms with Crippen LogP contribution in [0, 0.1) is 11.8 Å². The monoisotopic (exact) mass is 462 g/mol. The molecule has 7 heteroatoms. The molecule has 0 aromatic heterocycles. The van der Waals surface area contributed by atoms with Crippen molar-refractivity contribution in [3.8, 4) is 11.1 Å². The van der Waals surface area contributed by atoms with Crippen molar-refractivity contribution in [3.63, 3.8) is 0 Å². The molecule has 2 fully saturated rings. The van der Waals surface area contributed by atoms with Gasteiger partial charge in [0.1, 0.15) is 6.61 Å². The minimum absolute atomic E-state index is 0.0114. The molecule has 1 saturated heterocycles. The second-order valence-electron chi connectivity index (χ2n) is 9.64. The van der Waals surface area contributed by atoms with Crippen molar-refractivity contribution in [2.45, 2.75) is 44.1 Å². The number of ether oxygens (including phenoxy) is 1. The smallest absolute Gasteiger partial charge is 0.407 e. The Morgan fingerprint density at radius 1 is 0.941 bits per heavy atom. The lowest BCUT2D eigenvalue weighted by molar-refractivity contribution is -0.146. The molecule has 2 N–H and O–H groups in total. The molecule has 5 rings (SSSR count). The number of fused-ring (bicyclic) bond motifs is 3. The van der Waals surface area contributed by atoms with Crippen LogP contribution in [0.15, 0.2) is 48.5 Å². The average Bonchev–Trinajstić information content (AvgIpc) is 3.45. The quantitative estimate of drug-likeness (QED) is 0.700. The number of alkyl carbamates (subject to hydrolysis) is 1. The van der Waals surface area contributed by atoms with Crippen molar-refractivity contribution < 1.29 is 24.2 Å². The number of carbonyl (C=O) groups is 3. The first kappa shape index (κ1) is 22.4. The van der Waals surface area contributed by atoms with Gasteiger partial charge in [0.2, 0.25) is 5.91 Å². The number of amides is 2. The van der Waals surface area contributed by atoms with Gasteiger partial charge in [-0.2, -0.15) is 0 Å². The zero-order valence-corrected chi connectivity index (χ0v) is 19.1. The summed E-state index contributed by atoms with van der Waals surface area (Å²) in [4.78, 5) is 38.5. The first-order chi connectivity index (χ1) is 16.5. The van der Waals surface area contributed by atoms with Crippen molar-refractivity contribution in [1.82, 2.24) is 10.2 Å². The standard InChI is InChI=1S/C27H30N2O5/c30-25(29-13-5-6-18(15-29)26(31)32)17-11-12-19(14-17)28-27(33)34-16-24-22-9-3-1-7-20(22)21-8-2-4-10-23(21)24/h1-4,7-10,17-19,24H,5-6,11-16H2,(H,28,33)(H,31,32)/t17-,18?,19+/m0/s1. The molecule has 178 valence electrons. The molecule has 2 aromatic carbocycles. The van der Waals surface area contributed by atoms with Crippen LogP contribution in [0.4, 0.5) is 4.79 Å². The fourth-order valence-corrected chi connectivity index (χ4v) is 5.78. The summed E-state index contributed by atoms with van der Waals surface area (Å²) in [6.45, 7) is 1.16. The van der Waals surface area contributed by atoms with Gasteiger partial charge in [-0.25, -0.2) is 4.79 Å².